The quantitative estimate of drug-likeness (QED) is 0.861. The summed E-state index contributed by atoms with van der Waals surface area (Å²) in [5, 5.41) is 7.71. The predicted octanol–water partition coefficient (Wildman–Crippen LogP) is 3.85. The first-order chi connectivity index (χ1) is 9.37. The molecule has 0 saturated heterocycles. The van der Waals surface area contributed by atoms with Gasteiger partial charge in [-0.2, -0.15) is 5.10 Å². The molecule has 1 N–H and O–H groups in total. The van der Waals surface area contributed by atoms with Crippen LogP contribution in [-0.4, -0.2) is 21.8 Å². The zero-order valence-corrected chi connectivity index (χ0v) is 12.8. The van der Waals surface area contributed by atoms with Gasteiger partial charge in [-0.05, 0) is 43.9 Å². The van der Waals surface area contributed by atoms with Crippen LogP contribution in [0, 0.1) is 12.8 Å². The topological polar surface area (TPSA) is 55.0 Å². The second kappa shape index (κ2) is 5.27. The summed E-state index contributed by atoms with van der Waals surface area (Å²) in [5.74, 6) is -0.0146. The molecular formula is C16H22N2O2. The maximum Gasteiger partial charge on any atom is 0.339 e. The molecule has 1 unspecified atom stereocenters. The van der Waals surface area contributed by atoms with Crippen molar-refractivity contribution in [3.8, 4) is 0 Å². The summed E-state index contributed by atoms with van der Waals surface area (Å²) >= 11 is 0. The Morgan fingerprint density at radius 1 is 1.45 bits per heavy atom. The van der Waals surface area contributed by atoms with Crippen LogP contribution >= 0.6 is 0 Å². The van der Waals surface area contributed by atoms with Gasteiger partial charge < -0.3 is 4.74 Å². The summed E-state index contributed by atoms with van der Waals surface area (Å²) < 4.78 is 5.79. The van der Waals surface area contributed by atoms with Gasteiger partial charge in [0.25, 0.3) is 0 Å². The summed E-state index contributed by atoms with van der Waals surface area (Å²) in [4.78, 5) is 12.5. The summed E-state index contributed by atoms with van der Waals surface area (Å²) in [6.07, 6.45) is 2.46. The van der Waals surface area contributed by atoms with Crippen LogP contribution in [0.15, 0.2) is 18.3 Å². The number of carbonyl (C=O) groups excluding carboxylic acids is 1. The first-order valence-electron chi connectivity index (χ1n) is 7.04. The van der Waals surface area contributed by atoms with Crippen molar-refractivity contribution in [1.29, 1.82) is 0 Å². The van der Waals surface area contributed by atoms with E-state index in [0.29, 0.717) is 5.56 Å². The molecule has 0 radical (unpaired) electrons. The summed E-state index contributed by atoms with van der Waals surface area (Å²) in [7, 11) is 0. The fourth-order valence-electron chi connectivity index (χ4n) is 2.23. The van der Waals surface area contributed by atoms with Crippen molar-refractivity contribution in [1.82, 2.24) is 10.2 Å². The van der Waals surface area contributed by atoms with E-state index in [1.807, 2.05) is 32.9 Å². The molecule has 0 amide bonds. The fraction of sp³-hybridized carbons (Fsp3) is 0.500. The van der Waals surface area contributed by atoms with Crippen molar-refractivity contribution in [2.75, 3.05) is 0 Å². The normalized spacial score (nSPS) is 14.5. The number of aromatic nitrogens is 2. The highest BCUT2D eigenvalue weighted by Gasteiger charge is 2.31. The van der Waals surface area contributed by atoms with Crippen LogP contribution in [0.3, 0.4) is 0 Å². The van der Waals surface area contributed by atoms with E-state index in [-0.39, 0.29) is 11.9 Å². The van der Waals surface area contributed by atoms with E-state index in [1.54, 1.807) is 6.20 Å². The maximum absolute atomic E-state index is 12.5. The molecule has 108 valence electrons. The third-order valence-electron chi connectivity index (χ3n) is 4.17. The Balaban J connectivity index is 2.39. The van der Waals surface area contributed by atoms with E-state index >= 15 is 0 Å². The molecule has 0 aliphatic carbocycles. The number of ether oxygens (including phenoxy) is 1. The Labute approximate surface area is 119 Å². The Kier molecular flexibility index (Phi) is 3.84. The van der Waals surface area contributed by atoms with Crippen LogP contribution in [0.1, 0.15) is 50.0 Å². The number of hydrogen-bond donors (Lipinski definition) is 1. The van der Waals surface area contributed by atoms with Crippen LogP contribution in [0.25, 0.3) is 10.9 Å². The lowest BCUT2D eigenvalue weighted by Crippen LogP contribution is -2.36. The average molecular weight is 274 g/mol. The molecule has 1 heterocycles. The average Bonchev–Trinajstić information content (AvgIpc) is 2.85. The number of H-pyrrole nitrogens is 1. The Morgan fingerprint density at radius 2 is 2.15 bits per heavy atom. The summed E-state index contributed by atoms with van der Waals surface area (Å²) in [6.45, 7) is 10.1. The molecular weight excluding hydrogens is 252 g/mol. The molecule has 1 atom stereocenters. The highest BCUT2D eigenvalue weighted by molar-refractivity contribution is 6.03. The van der Waals surface area contributed by atoms with Crippen molar-refractivity contribution in [2.45, 2.75) is 46.6 Å². The second-order valence-electron chi connectivity index (χ2n) is 5.85. The number of aromatic amines is 1. The van der Waals surface area contributed by atoms with Gasteiger partial charge in [-0.25, -0.2) is 4.79 Å². The fourth-order valence-corrected chi connectivity index (χ4v) is 2.23. The lowest BCUT2D eigenvalue weighted by Gasteiger charge is -2.32. The number of esters is 1. The molecule has 0 saturated carbocycles. The van der Waals surface area contributed by atoms with Crippen molar-refractivity contribution in [3.05, 3.63) is 29.5 Å². The zero-order chi connectivity index (χ0) is 14.9. The number of nitrogens with zero attached hydrogens (tertiary/aromatic N) is 1. The molecule has 0 fully saturated rings. The number of rotatable bonds is 4. The van der Waals surface area contributed by atoms with Crippen LogP contribution in [-0.2, 0) is 4.74 Å². The Morgan fingerprint density at radius 3 is 2.75 bits per heavy atom. The van der Waals surface area contributed by atoms with Gasteiger partial charge in [-0.1, -0.05) is 20.8 Å². The van der Waals surface area contributed by atoms with Gasteiger partial charge >= 0.3 is 5.97 Å². The van der Waals surface area contributed by atoms with E-state index < -0.39 is 5.60 Å². The molecule has 4 nitrogen and oxygen atoms in total. The van der Waals surface area contributed by atoms with Crippen molar-refractivity contribution in [2.24, 2.45) is 5.92 Å². The number of fused-ring (bicyclic) bond motifs is 1. The number of benzene rings is 1. The number of hydrogen-bond acceptors (Lipinski definition) is 3. The molecule has 0 bridgehead atoms. The summed E-state index contributed by atoms with van der Waals surface area (Å²) in [6, 6.07) is 3.83. The standard InChI is InChI=1S/C16H22N2O2/c1-6-16(5,10(2)3)20-15(19)12-7-11(4)8-14-13(12)9-17-18-14/h7-10H,6H2,1-5H3,(H,17,18). The minimum atomic E-state index is -0.448. The third-order valence-corrected chi connectivity index (χ3v) is 4.17. The lowest BCUT2D eigenvalue weighted by atomic mass is 9.89. The van der Waals surface area contributed by atoms with Gasteiger partial charge in [0.2, 0.25) is 0 Å². The highest BCUT2D eigenvalue weighted by Crippen LogP contribution is 2.28. The molecule has 4 heteroatoms. The van der Waals surface area contributed by atoms with Gasteiger partial charge in [-0.3, -0.25) is 5.10 Å². The molecule has 2 aromatic rings. The van der Waals surface area contributed by atoms with Crippen LogP contribution in [0.4, 0.5) is 0 Å². The SMILES string of the molecule is CCC(C)(OC(=O)c1cc(C)cc2[nH]ncc12)C(C)C. The molecule has 0 aliphatic heterocycles. The predicted molar refractivity (Wildman–Crippen MR) is 79.8 cm³/mol. The van der Waals surface area contributed by atoms with E-state index in [9.17, 15) is 4.79 Å². The molecule has 0 aliphatic rings. The zero-order valence-electron chi connectivity index (χ0n) is 12.8. The van der Waals surface area contributed by atoms with E-state index in [0.717, 1.165) is 22.9 Å². The van der Waals surface area contributed by atoms with Crippen LogP contribution in [0.5, 0.6) is 0 Å². The van der Waals surface area contributed by atoms with Gasteiger partial charge in [-0.15, -0.1) is 0 Å². The molecule has 1 aromatic heterocycles. The Hall–Kier alpha value is -1.84. The monoisotopic (exact) mass is 274 g/mol. The van der Waals surface area contributed by atoms with E-state index in [1.165, 1.54) is 0 Å². The lowest BCUT2D eigenvalue weighted by molar-refractivity contribution is -0.0347. The van der Waals surface area contributed by atoms with Crippen molar-refractivity contribution >= 4 is 16.9 Å². The van der Waals surface area contributed by atoms with Crippen LogP contribution < -0.4 is 0 Å². The van der Waals surface area contributed by atoms with Crippen molar-refractivity contribution < 1.29 is 9.53 Å². The molecule has 0 spiro atoms. The van der Waals surface area contributed by atoms with Crippen LogP contribution in [0.2, 0.25) is 0 Å². The highest BCUT2D eigenvalue weighted by atomic mass is 16.6. The number of aryl methyl sites for hydroxylation is 1. The molecule has 1 aromatic carbocycles. The Bertz CT molecular complexity index is 630. The largest absolute Gasteiger partial charge is 0.455 e. The smallest absolute Gasteiger partial charge is 0.339 e. The minimum absolute atomic E-state index is 0.265. The third kappa shape index (κ3) is 2.55. The second-order valence-corrected chi connectivity index (χ2v) is 5.85. The molecule has 2 rings (SSSR count). The number of nitrogens with one attached hydrogen (secondary N) is 1. The number of carbonyl (C=O) groups is 1. The van der Waals surface area contributed by atoms with E-state index in [2.05, 4.69) is 24.0 Å². The van der Waals surface area contributed by atoms with Gasteiger partial charge in [0, 0.05) is 5.39 Å². The minimum Gasteiger partial charge on any atom is -0.455 e. The van der Waals surface area contributed by atoms with Gasteiger partial charge in [0.1, 0.15) is 5.60 Å². The van der Waals surface area contributed by atoms with Gasteiger partial charge in [0.15, 0.2) is 0 Å². The first kappa shape index (κ1) is 14.6. The van der Waals surface area contributed by atoms with E-state index in [4.69, 9.17) is 4.74 Å². The summed E-state index contributed by atoms with van der Waals surface area (Å²) in [5.41, 5.74) is 2.00. The molecule has 20 heavy (non-hydrogen) atoms. The maximum atomic E-state index is 12.5. The van der Waals surface area contributed by atoms with Gasteiger partial charge in [0.05, 0.1) is 17.3 Å². The van der Waals surface area contributed by atoms with Crippen molar-refractivity contribution in [3.63, 3.8) is 0 Å². The first-order valence-corrected chi connectivity index (χ1v) is 7.04.